The molecule has 0 spiro atoms. The molecule has 0 bridgehead atoms. The minimum Gasteiger partial charge on any atom is -0.468 e. The molecule has 0 aliphatic carbocycles. The van der Waals surface area contributed by atoms with Gasteiger partial charge in [-0.25, -0.2) is 4.79 Å². The number of carbonyl (C=O) groups is 1. The lowest BCUT2D eigenvalue weighted by Crippen LogP contribution is -2.25. The van der Waals surface area contributed by atoms with E-state index in [9.17, 15) is 4.79 Å². The van der Waals surface area contributed by atoms with Crippen molar-refractivity contribution in [3.63, 3.8) is 0 Å². The third-order valence-electron chi connectivity index (χ3n) is 2.99. The molecule has 2 rings (SSSR count). The van der Waals surface area contributed by atoms with Crippen molar-refractivity contribution in [3.05, 3.63) is 34.4 Å². The summed E-state index contributed by atoms with van der Waals surface area (Å²) in [5, 5.41) is 1.06. The highest BCUT2D eigenvalue weighted by Gasteiger charge is 2.21. The molecule has 0 amide bonds. The van der Waals surface area contributed by atoms with Crippen molar-refractivity contribution in [3.8, 4) is 0 Å². The largest absolute Gasteiger partial charge is 0.468 e. The summed E-state index contributed by atoms with van der Waals surface area (Å²) in [4.78, 5) is 11.6. The monoisotopic (exact) mass is 310 g/mol. The summed E-state index contributed by atoms with van der Waals surface area (Å²) in [6, 6.07) is 7.18. The van der Waals surface area contributed by atoms with Crippen LogP contribution < -0.4 is 5.73 Å². The highest BCUT2D eigenvalue weighted by molar-refractivity contribution is 9.10. The Morgan fingerprint density at radius 2 is 2.22 bits per heavy atom. The number of aryl methyl sites for hydroxylation is 1. The Morgan fingerprint density at radius 1 is 1.50 bits per heavy atom. The molecule has 96 valence electrons. The van der Waals surface area contributed by atoms with Crippen molar-refractivity contribution in [1.29, 1.82) is 0 Å². The third-order valence-corrected chi connectivity index (χ3v) is 3.48. The number of methoxy groups -OCH3 is 1. The molecule has 1 unspecified atom stereocenters. The molecule has 18 heavy (non-hydrogen) atoms. The molecular weight excluding hydrogens is 296 g/mol. The summed E-state index contributed by atoms with van der Waals surface area (Å²) < 4.78 is 7.73. The van der Waals surface area contributed by atoms with Crippen LogP contribution in [0.2, 0.25) is 0 Å². The molecule has 0 aliphatic heterocycles. The number of benzene rings is 1. The van der Waals surface area contributed by atoms with Crippen molar-refractivity contribution in [2.24, 2.45) is 5.73 Å². The van der Waals surface area contributed by atoms with Crippen molar-refractivity contribution < 1.29 is 9.53 Å². The molecular formula is C13H15BrN2O2. The number of hydrogen-bond donors (Lipinski definition) is 1. The lowest BCUT2D eigenvalue weighted by Gasteiger charge is -2.13. The zero-order chi connectivity index (χ0) is 13.3. The average Bonchev–Trinajstić information content (AvgIpc) is 2.74. The Morgan fingerprint density at radius 3 is 2.83 bits per heavy atom. The predicted molar refractivity (Wildman–Crippen MR) is 74.3 cm³/mol. The van der Waals surface area contributed by atoms with Crippen LogP contribution in [-0.2, 0) is 16.1 Å². The molecule has 0 aliphatic rings. The van der Waals surface area contributed by atoms with Gasteiger partial charge in [0.2, 0.25) is 0 Å². The van der Waals surface area contributed by atoms with Gasteiger partial charge in [0.25, 0.3) is 0 Å². The fourth-order valence-corrected chi connectivity index (χ4v) is 2.46. The zero-order valence-electron chi connectivity index (χ0n) is 10.3. The van der Waals surface area contributed by atoms with Crippen molar-refractivity contribution in [2.45, 2.75) is 19.5 Å². The fraction of sp³-hybridized carbons (Fsp3) is 0.308. The van der Waals surface area contributed by atoms with Crippen molar-refractivity contribution >= 4 is 32.8 Å². The minimum atomic E-state index is -0.749. The molecule has 5 heteroatoms. The van der Waals surface area contributed by atoms with Gasteiger partial charge in [0.1, 0.15) is 6.04 Å². The van der Waals surface area contributed by atoms with Crippen molar-refractivity contribution in [1.82, 2.24) is 4.57 Å². The Bertz CT molecular complexity index is 592. The molecule has 2 aromatic rings. The summed E-state index contributed by atoms with van der Waals surface area (Å²) in [7, 11) is 1.34. The Balaban J connectivity index is 2.60. The number of esters is 1. The van der Waals surface area contributed by atoms with Gasteiger partial charge in [-0.3, -0.25) is 0 Å². The minimum absolute atomic E-state index is 0.424. The normalized spacial score (nSPS) is 12.7. The van der Waals surface area contributed by atoms with Gasteiger partial charge in [0, 0.05) is 27.6 Å². The van der Waals surface area contributed by atoms with Gasteiger partial charge < -0.3 is 15.0 Å². The molecule has 1 aromatic heterocycles. The van der Waals surface area contributed by atoms with E-state index in [2.05, 4.69) is 15.9 Å². The molecule has 4 nitrogen and oxygen atoms in total. The molecule has 1 heterocycles. The molecule has 1 atom stereocenters. The van der Waals surface area contributed by atoms with Gasteiger partial charge in [0.15, 0.2) is 0 Å². The number of hydrogen-bond acceptors (Lipinski definition) is 3. The van der Waals surface area contributed by atoms with Crippen LogP contribution in [0, 0.1) is 0 Å². The van der Waals surface area contributed by atoms with Crippen LogP contribution >= 0.6 is 15.9 Å². The first-order valence-electron chi connectivity index (χ1n) is 5.70. The van der Waals surface area contributed by atoms with E-state index in [1.807, 2.05) is 35.8 Å². The molecule has 0 radical (unpaired) electrons. The maximum atomic E-state index is 11.6. The van der Waals surface area contributed by atoms with Crippen LogP contribution in [0.1, 0.15) is 18.7 Å². The second-order valence-electron chi connectivity index (χ2n) is 4.02. The first-order chi connectivity index (χ1) is 8.58. The van der Waals surface area contributed by atoms with Crippen LogP contribution in [0.5, 0.6) is 0 Å². The van der Waals surface area contributed by atoms with Crippen LogP contribution in [0.25, 0.3) is 10.9 Å². The number of nitrogens with two attached hydrogens (primary N) is 1. The quantitative estimate of drug-likeness (QED) is 0.887. The van der Waals surface area contributed by atoms with E-state index in [4.69, 9.17) is 10.5 Å². The van der Waals surface area contributed by atoms with Crippen molar-refractivity contribution in [2.75, 3.05) is 7.11 Å². The number of aromatic nitrogens is 1. The van der Waals surface area contributed by atoms with E-state index in [-0.39, 0.29) is 0 Å². The van der Waals surface area contributed by atoms with Crippen LogP contribution in [0.4, 0.5) is 0 Å². The first-order valence-corrected chi connectivity index (χ1v) is 6.50. The molecule has 0 saturated carbocycles. The topological polar surface area (TPSA) is 57.2 Å². The summed E-state index contributed by atoms with van der Waals surface area (Å²) in [5.74, 6) is -0.424. The Hall–Kier alpha value is -1.33. The van der Waals surface area contributed by atoms with Gasteiger partial charge in [-0.15, -0.1) is 0 Å². The maximum Gasteiger partial charge on any atom is 0.328 e. The molecule has 0 fully saturated rings. The van der Waals surface area contributed by atoms with Crippen LogP contribution in [-0.4, -0.2) is 17.6 Å². The molecule has 2 N–H and O–H groups in total. The van der Waals surface area contributed by atoms with Gasteiger partial charge in [-0.1, -0.05) is 22.0 Å². The summed E-state index contributed by atoms with van der Waals surface area (Å²) in [5.41, 5.74) is 7.75. The number of carbonyl (C=O) groups excluding carboxylic acids is 1. The number of nitrogens with zero attached hydrogens (tertiary/aromatic N) is 1. The number of fused-ring (bicyclic) bond motifs is 1. The second-order valence-corrected chi connectivity index (χ2v) is 4.93. The third kappa shape index (κ3) is 2.15. The van der Waals surface area contributed by atoms with Gasteiger partial charge in [-0.2, -0.15) is 0 Å². The fourth-order valence-electron chi connectivity index (χ4n) is 2.11. The molecule has 1 aromatic carbocycles. The van der Waals surface area contributed by atoms with E-state index < -0.39 is 12.0 Å². The lowest BCUT2D eigenvalue weighted by atomic mass is 10.2. The van der Waals surface area contributed by atoms with E-state index in [0.717, 1.165) is 27.6 Å². The summed E-state index contributed by atoms with van der Waals surface area (Å²) in [6.45, 7) is 2.77. The average molecular weight is 311 g/mol. The number of halogens is 1. The van der Waals surface area contributed by atoms with Gasteiger partial charge in [0.05, 0.1) is 7.11 Å². The SMILES string of the molecule is CCn1c(C(N)C(=O)OC)cc2ccc(Br)cc21. The van der Waals surface area contributed by atoms with E-state index in [1.165, 1.54) is 7.11 Å². The molecule has 0 saturated heterocycles. The number of rotatable bonds is 3. The Labute approximate surface area is 114 Å². The van der Waals surface area contributed by atoms with Crippen LogP contribution in [0.15, 0.2) is 28.7 Å². The lowest BCUT2D eigenvalue weighted by molar-refractivity contribution is -0.142. The van der Waals surface area contributed by atoms with E-state index in [1.54, 1.807) is 0 Å². The highest BCUT2D eigenvalue weighted by atomic mass is 79.9. The second kappa shape index (κ2) is 5.12. The summed E-state index contributed by atoms with van der Waals surface area (Å²) >= 11 is 3.45. The highest BCUT2D eigenvalue weighted by Crippen LogP contribution is 2.26. The van der Waals surface area contributed by atoms with Gasteiger partial charge in [-0.05, 0) is 25.1 Å². The summed E-state index contributed by atoms with van der Waals surface area (Å²) in [6.07, 6.45) is 0. The Kier molecular flexibility index (Phi) is 3.73. The van der Waals surface area contributed by atoms with Crippen LogP contribution in [0.3, 0.4) is 0 Å². The zero-order valence-corrected chi connectivity index (χ0v) is 11.9. The smallest absolute Gasteiger partial charge is 0.328 e. The van der Waals surface area contributed by atoms with Gasteiger partial charge >= 0.3 is 5.97 Å². The first kappa shape index (κ1) is 13.1. The standard InChI is InChI=1S/C13H15BrN2O2/c1-3-16-10-7-9(14)5-4-8(10)6-11(16)12(15)13(17)18-2/h4-7,12H,3,15H2,1-2H3. The van der Waals surface area contributed by atoms with E-state index in [0.29, 0.717) is 0 Å². The van der Waals surface area contributed by atoms with E-state index >= 15 is 0 Å². The predicted octanol–water partition coefficient (Wildman–Crippen LogP) is 2.60. The maximum absolute atomic E-state index is 11.6. The number of ether oxygens (including phenoxy) is 1.